The second kappa shape index (κ2) is 8.53. The van der Waals surface area contributed by atoms with Gasteiger partial charge in [0.05, 0.1) is 18.1 Å². The van der Waals surface area contributed by atoms with Gasteiger partial charge in [0.15, 0.2) is 0 Å². The normalized spacial score (nSPS) is 22.3. The molecule has 0 radical (unpaired) electrons. The van der Waals surface area contributed by atoms with Gasteiger partial charge in [-0.1, -0.05) is 30.3 Å². The number of hydrogen-bond donors (Lipinski definition) is 0. The van der Waals surface area contributed by atoms with E-state index in [1.165, 1.54) is 12.1 Å². The molecule has 0 saturated carbocycles. The lowest BCUT2D eigenvalue weighted by molar-refractivity contribution is -0.156. The van der Waals surface area contributed by atoms with Crippen LogP contribution in [-0.2, 0) is 26.3 Å². The summed E-state index contributed by atoms with van der Waals surface area (Å²) >= 11 is 0. The molecule has 0 bridgehead atoms. The molecule has 27 heavy (non-hydrogen) atoms. The number of benzene rings is 2. The highest BCUT2D eigenvalue weighted by atomic mass is 19.1. The standard InChI is InChI=1S/C22H25FO4/c1-3-25-21(24)22(9-10-26-16(2)14-22)18-11-19(23)13-20(12-18)27-15-17-7-5-4-6-8-17/h4-8,11-13,16H,3,9-10,14-15H2,1-2H3. The molecular formula is C22H25FO4. The van der Waals surface area contributed by atoms with Crippen LogP contribution in [0.5, 0.6) is 5.75 Å². The van der Waals surface area contributed by atoms with Crippen LogP contribution in [0.3, 0.4) is 0 Å². The molecule has 1 saturated heterocycles. The van der Waals surface area contributed by atoms with Crippen LogP contribution in [0, 0.1) is 5.82 Å². The summed E-state index contributed by atoms with van der Waals surface area (Å²) in [7, 11) is 0. The first-order valence-corrected chi connectivity index (χ1v) is 9.30. The summed E-state index contributed by atoms with van der Waals surface area (Å²) in [5.74, 6) is -0.366. The lowest BCUT2D eigenvalue weighted by atomic mass is 9.72. The first-order chi connectivity index (χ1) is 13.0. The molecule has 4 nitrogen and oxygen atoms in total. The van der Waals surface area contributed by atoms with Gasteiger partial charge in [0, 0.05) is 12.7 Å². The zero-order valence-corrected chi connectivity index (χ0v) is 15.7. The summed E-state index contributed by atoms with van der Waals surface area (Å²) in [4.78, 5) is 12.8. The van der Waals surface area contributed by atoms with E-state index in [4.69, 9.17) is 14.2 Å². The number of carbonyl (C=O) groups excluding carboxylic acids is 1. The van der Waals surface area contributed by atoms with E-state index in [0.717, 1.165) is 5.56 Å². The number of halogens is 1. The predicted octanol–water partition coefficient (Wildman–Crippen LogP) is 4.40. The second-order valence-corrected chi connectivity index (χ2v) is 6.89. The molecule has 0 aromatic heterocycles. The molecule has 2 aromatic rings. The minimum absolute atomic E-state index is 0.111. The van der Waals surface area contributed by atoms with Crippen molar-refractivity contribution in [2.75, 3.05) is 13.2 Å². The molecule has 2 unspecified atom stereocenters. The SMILES string of the molecule is CCOC(=O)C1(c2cc(F)cc(OCc3ccccc3)c2)CCOC(C)C1. The Bertz CT molecular complexity index is 777. The Hall–Kier alpha value is -2.40. The molecule has 0 spiro atoms. The predicted molar refractivity (Wildman–Crippen MR) is 100 cm³/mol. The highest BCUT2D eigenvalue weighted by Crippen LogP contribution is 2.40. The summed E-state index contributed by atoms with van der Waals surface area (Å²) < 4.78 is 31.1. The molecule has 0 aliphatic carbocycles. The topological polar surface area (TPSA) is 44.8 Å². The Morgan fingerprint density at radius 1 is 1.26 bits per heavy atom. The van der Waals surface area contributed by atoms with Crippen molar-refractivity contribution in [3.05, 3.63) is 65.5 Å². The molecule has 5 heteroatoms. The fourth-order valence-corrected chi connectivity index (χ4v) is 3.58. The van der Waals surface area contributed by atoms with Crippen molar-refractivity contribution in [1.82, 2.24) is 0 Å². The number of rotatable bonds is 6. The molecule has 3 rings (SSSR count). The van der Waals surface area contributed by atoms with Gasteiger partial charge in [-0.3, -0.25) is 4.79 Å². The molecule has 1 aliphatic rings. The lowest BCUT2D eigenvalue weighted by Gasteiger charge is -2.38. The van der Waals surface area contributed by atoms with Crippen LogP contribution in [0.2, 0.25) is 0 Å². The number of carbonyl (C=O) groups is 1. The van der Waals surface area contributed by atoms with E-state index in [1.807, 2.05) is 37.3 Å². The van der Waals surface area contributed by atoms with Crippen LogP contribution in [0.15, 0.2) is 48.5 Å². The molecule has 2 aromatic carbocycles. The Labute approximate surface area is 159 Å². The summed E-state index contributed by atoms with van der Waals surface area (Å²) in [6, 6.07) is 14.2. The van der Waals surface area contributed by atoms with Crippen LogP contribution in [0.4, 0.5) is 4.39 Å². The monoisotopic (exact) mass is 372 g/mol. The van der Waals surface area contributed by atoms with Crippen LogP contribution in [0.25, 0.3) is 0 Å². The number of ether oxygens (including phenoxy) is 3. The third kappa shape index (κ3) is 4.48. The third-order valence-electron chi connectivity index (χ3n) is 4.91. The molecule has 0 amide bonds. The van der Waals surface area contributed by atoms with E-state index in [0.29, 0.717) is 37.4 Å². The quantitative estimate of drug-likeness (QED) is 0.705. The van der Waals surface area contributed by atoms with Crippen molar-refractivity contribution in [3.8, 4) is 5.75 Å². The molecular weight excluding hydrogens is 347 g/mol. The van der Waals surface area contributed by atoms with E-state index in [-0.39, 0.29) is 18.7 Å². The van der Waals surface area contributed by atoms with E-state index < -0.39 is 11.2 Å². The van der Waals surface area contributed by atoms with Gasteiger partial charge in [-0.2, -0.15) is 0 Å². The first kappa shape index (κ1) is 19.4. The number of hydrogen-bond acceptors (Lipinski definition) is 4. The van der Waals surface area contributed by atoms with Gasteiger partial charge >= 0.3 is 5.97 Å². The number of esters is 1. The van der Waals surface area contributed by atoms with Crippen LogP contribution in [0.1, 0.15) is 37.8 Å². The van der Waals surface area contributed by atoms with E-state index in [9.17, 15) is 9.18 Å². The average Bonchev–Trinajstić information content (AvgIpc) is 2.67. The third-order valence-corrected chi connectivity index (χ3v) is 4.91. The van der Waals surface area contributed by atoms with E-state index in [1.54, 1.807) is 13.0 Å². The Morgan fingerprint density at radius 2 is 2.04 bits per heavy atom. The van der Waals surface area contributed by atoms with Crippen molar-refractivity contribution in [3.63, 3.8) is 0 Å². The van der Waals surface area contributed by atoms with Gasteiger partial charge in [0.25, 0.3) is 0 Å². The van der Waals surface area contributed by atoms with Crippen molar-refractivity contribution in [2.45, 2.75) is 44.8 Å². The zero-order valence-electron chi connectivity index (χ0n) is 15.7. The maximum atomic E-state index is 14.4. The molecule has 1 heterocycles. The highest BCUT2D eigenvalue weighted by molar-refractivity contribution is 5.83. The molecule has 144 valence electrons. The van der Waals surface area contributed by atoms with Gasteiger partial charge < -0.3 is 14.2 Å². The van der Waals surface area contributed by atoms with Gasteiger partial charge in [-0.25, -0.2) is 4.39 Å². The van der Waals surface area contributed by atoms with E-state index in [2.05, 4.69) is 0 Å². The van der Waals surface area contributed by atoms with Crippen molar-refractivity contribution < 1.29 is 23.4 Å². The average molecular weight is 372 g/mol. The Kier molecular flexibility index (Phi) is 6.11. The smallest absolute Gasteiger partial charge is 0.316 e. The minimum Gasteiger partial charge on any atom is -0.489 e. The summed E-state index contributed by atoms with van der Waals surface area (Å²) in [6.45, 7) is 4.72. The first-order valence-electron chi connectivity index (χ1n) is 9.30. The van der Waals surface area contributed by atoms with Gasteiger partial charge in [-0.15, -0.1) is 0 Å². The summed E-state index contributed by atoms with van der Waals surface area (Å²) in [5.41, 5.74) is 0.656. The fraction of sp³-hybridized carbons (Fsp3) is 0.409. The molecule has 0 N–H and O–H groups in total. The second-order valence-electron chi connectivity index (χ2n) is 6.89. The van der Waals surface area contributed by atoms with Gasteiger partial charge in [0.2, 0.25) is 0 Å². The van der Waals surface area contributed by atoms with Gasteiger partial charge in [-0.05, 0) is 49.9 Å². The van der Waals surface area contributed by atoms with Crippen molar-refractivity contribution >= 4 is 5.97 Å². The Morgan fingerprint density at radius 3 is 2.74 bits per heavy atom. The largest absolute Gasteiger partial charge is 0.489 e. The molecule has 1 aliphatic heterocycles. The maximum Gasteiger partial charge on any atom is 0.316 e. The molecule has 2 atom stereocenters. The lowest BCUT2D eigenvalue weighted by Crippen LogP contribution is -2.45. The van der Waals surface area contributed by atoms with E-state index >= 15 is 0 Å². The maximum absolute atomic E-state index is 14.4. The fourth-order valence-electron chi connectivity index (χ4n) is 3.58. The van der Waals surface area contributed by atoms with Crippen LogP contribution in [-0.4, -0.2) is 25.3 Å². The van der Waals surface area contributed by atoms with Crippen molar-refractivity contribution in [1.29, 1.82) is 0 Å². The van der Waals surface area contributed by atoms with Crippen LogP contribution >= 0.6 is 0 Å². The summed E-state index contributed by atoms with van der Waals surface area (Å²) in [6.07, 6.45) is 0.797. The molecule has 1 fully saturated rings. The Balaban J connectivity index is 1.90. The van der Waals surface area contributed by atoms with Crippen molar-refractivity contribution in [2.24, 2.45) is 0 Å². The van der Waals surface area contributed by atoms with Crippen LogP contribution < -0.4 is 4.74 Å². The van der Waals surface area contributed by atoms with Gasteiger partial charge in [0.1, 0.15) is 18.2 Å². The highest BCUT2D eigenvalue weighted by Gasteiger charge is 2.45. The zero-order chi connectivity index (χ0) is 19.3. The minimum atomic E-state index is -0.916. The summed E-state index contributed by atoms with van der Waals surface area (Å²) in [5, 5.41) is 0.